The van der Waals surface area contributed by atoms with Gasteiger partial charge in [-0.05, 0) is 18.4 Å². The monoisotopic (exact) mass is 202 g/mol. The lowest BCUT2D eigenvalue weighted by atomic mass is 10.1. The van der Waals surface area contributed by atoms with Crippen molar-refractivity contribution in [1.82, 2.24) is 0 Å². The Kier molecular flexibility index (Phi) is 9.98. The lowest BCUT2D eigenvalue weighted by Gasteiger charge is -1.98. The minimum absolute atomic E-state index is 0.847. The van der Waals surface area contributed by atoms with Crippen LogP contribution in [0.15, 0.2) is 30.3 Å². The van der Waals surface area contributed by atoms with Gasteiger partial charge in [0, 0.05) is 6.42 Å². The Hall–Kier alpha value is -1.22. The summed E-state index contributed by atoms with van der Waals surface area (Å²) in [6, 6.07) is 10.7. The van der Waals surface area contributed by atoms with Crippen LogP contribution in [0, 0.1) is 12.3 Å². The van der Waals surface area contributed by atoms with Gasteiger partial charge in [-0.25, -0.2) is 0 Å². The Morgan fingerprint density at radius 3 is 2.13 bits per heavy atom. The van der Waals surface area contributed by atoms with Gasteiger partial charge in [0.15, 0.2) is 0 Å². The first-order valence-corrected chi connectivity index (χ1v) is 5.82. The van der Waals surface area contributed by atoms with E-state index in [1.165, 1.54) is 31.2 Å². The molecule has 0 spiro atoms. The van der Waals surface area contributed by atoms with Gasteiger partial charge >= 0.3 is 0 Å². The Morgan fingerprint density at radius 1 is 1.07 bits per heavy atom. The van der Waals surface area contributed by atoms with Crippen molar-refractivity contribution < 1.29 is 0 Å². The van der Waals surface area contributed by atoms with Gasteiger partial charge in [-0.2, -0.15) is 0 Å². The zero-order valence-corrected chi connectivity index (χ0v) is 10.00. The topological polar surface area (TPSA) is 0 Å². The summed E-state index contributed by atoms with van der Waals surface area (Å²) in [4.78, 5) is 0. The fraction of sp³-hybridized carbons (Fsp3) is 0.467. The fourth-order valence-corrected chi connectivity index (χ4v) is 1.22. The van der Waals surface area contributed by atoms with Gasteiger partial charge in [0.1, 0.15) is 0 Å². The summed E-state index contributed by atoms with van der Waals surface area (Å²) in [5.74, 6) is 2.43. The zero-order chi connectivity index (χ0) is 11.4. The van der Waals surface area contributed by atoms with Crippen LogP contribution >= 0.6 is 0 Å². The molecule has 1 rings (SSSR count). The van der Waals surface area contributed by atoms with Crippen LogP contribution in [0.1, 0.15) is 45.1 Å². The average molecular weight is 202 g/mol. The molecule has 0 radical (unpaired) electrons. The van der Waals surface area contributed by atoms with Gasteiger partial charge in [-0.3, -0.25) is 0 Å². The van der Waals surface area contributed by atoms with E-state index in [1.807, 2.05) is 6.92 Å². The smallest absolute Gasteiger partial charge is 0.00576 e. The Morgan fingerprint density at radius 2 is 1.67 bits per heavy atom. The van der Waals surface area contributed by atoms with E-state index >= 15 is 0 Å². The van der Waals surface area contributed by atoms with Gasteiger partial charge in [0.2, 0.25) is 0 Å². The van der Waals surface area contributed by atoms with Crippen LogP contribution in [0.25, 0.3) is 0 Å². The highest BCUT2D eigenvalue weighted by atomic mass is 13.9. The lowest BCUT2D eigenvalue weighted by molar-refractivity contribution is 0.717. The minimum atomic E-state index is 0.847. The number of rotatable bonds is 4. The van der Waals surface area contributed by atoms with Crippen molar-refractivity contribution in [2.45, 2.75) is 46.0 Å². The maximum atomic E-state index is 4.78. The van der Waals surface area contributed by atoms with E-state index in [1.54, 1.807) is 0 Å². The van der Waals surface area contributed by atoms with Crippen LogP contribution in [0.3, 0.4) is 0 Å². The number of hydrogen-bond acceptors (Lipinski definition) is 0. The molecule has 0 saturated heterocycles. The normalized spacial score (nSPS) is 8.60. The van der Waals surface area contributed by atoms with Gasteiger partial charge in [-0.15, -0.1) is 12.3 Å². The van der Waals surface area contributed by atoms with E-state index in [9.17, 15) is 0 Å². The molecule has 0 N–H and O–H groups in total. The van der Waals surface area contributed by atoms with E-state index in [0.29, 0.717) is 0 Å². The molecular weight excluding hydrogens is 180 g/mol. The molecular formula is C15H22. The molecule has 82 valence electrons. The molecule has 0 aromatic heterocycles. The third kappa shape index (κ3) is 9.09. The molecule has 0 bridgehead atoms. The van der Waals surface area contributed by atoms with Crippen LogP contribution in [0.4, 0.5) is 0 Å². The van der Waals surface area contributed by atoms with Crippen molar-refractivity contribution in [3.8, 4) is 12.3 Å². The second-order valence-electron chi connectivity index (χ2n) is 3.50. The highest BCUT2D eigenvalue weighted by molar-refractivity contribution is 5.14. The van der Waals surface area contributed by atoms with Crippen LogP contribution in [-0.4, -0.2) is 0 Å². The van der Waals surface area contributed by atoms with Crippen molar-refractivity contribution >= 4 is 0 Å². The maximum absolute atomic E-state index is 4.78. The first kappa shape index (κ1) is 13.8. The first-order chi connectivity index (χ1) is 7.35. The molecule has 0 unspecified atom stereocenters. The molecule has 0 heterocycles. The number of unbranched alkanes of at least 4 members (excludes halogenated alkanes) is 2. The molecule has 15 heavy (non-hydrogen) atoms. The van der Waals surface area contributed by atoms with E-state index < -0.39 is 0 Å². The van der Waals surface area contributed by atoms with Gasteiger partial charge in [0.25, 0.3) is 0 Å². The number of benzene rings is 1. The lowest BCUT2D eigenvalue weighted by Crippen LogP contribution is -1.83. The van der Waals surface area contributed by atoms with Crippen molar-refractivity contribution in [2.75, 3.05) is 0 Å². The molecule has 0 aliphatic carbocycles. The van der Waals surface area contributed by atoms with Crippen LogP contribution in [0.2, 0.25) is 0 Å². The summed E-state index contributed by atoms with van der Waals surface area (Å²) in [7, 11) is 0. The second-order valence-corrected chi connectivity index (χ2v) is 3.50. The molecule has 0 aliphatic heterocycles. The standard InChI is InChI=1S/C11H16.C4H6/c1-2-3-5-8-11-9-6-4-7-10-11;1-3-4-2/h4,6-7,9-10H,2-3,5,8H2,1H3;1H,4H2,2H3. The Balaban J connectivity index is 0.000000423. The SMILES string of the molecule is C#CCC.CCCCCc1ccccc1. The summed E-state index contributed by atoms with van der Waals surface area (Å²) in [5, 5.41) is 0. The van der Waals surface area contributed by atoms with Crippen molar-refractivity contribution in [3.63, 3.8) is 0 Å². The third-order valence-corrected chi connectivity index (χ3v) is 2.12. The number of terminal acetylenes is 1. The molecule has 0 heteroatoms. The summed E-state index contributed by atoms with van der Waals surface area (Å²) >= 11 is 0. The van der Waals surface area contributed by atoms with E-state index in [2.05, 4.69) is 43.2 Å². The first-order valence-electron chi connectivity index (χ1n) is 5.82. The van der Waals surface area contributed by atoms with E-state index in [0.717, 1.165) is 6.42 Å². The molecule has 0 amide bonds. The predicted octanol–water partition coefficient (Wildman–Crippen LogP) is 4.45. The summed E-state index contributed by atoms with van der Waals surface area (Å²) in [6.45, 7) is 4.19. The Labute approximate surface area is 94.7 Å². The molecule has 0 nitrogen and oxygen atoms in total. The van der Waals surface area contributed by atoms with Crippen molar-refractivity contribution in [2.24, 2.45) is 0 Å². The molecule has 0 atom stereocenters. The fourth-order valence-electron chi connectivity index (χ4n) is 1.22. The van der Waals surface area contributed by atoms with Crippen molar-refractivity contribution in [3.05, 3.63) is 35.9 Å². The van der Waals surface area contributed by atoms with Crippen LogP contribution < -0.4 is 0 Å². The average Bonchev–Trinajstić information content (AvgIpc) is 2.31. The zero-order valence-electron chi connectivity index (χ0n) is 10.00. The molecule has 0 saturated carbocycles. The highest BCUT2D eigenvalue weighted by Gasteiger charge is 1.89. The highest BCUT2D eigenvalue weighted by Crippen LogP contribution is 2.05. The molecule has 0 fully saturated rings. The molecule has 0 aliphatic rings. The van der Waals surface area contributed by atoms with E-state index in [4.69, 9.17) is 6.42 Å². The van der Waals surface area contributed by atoms with Crippen LogP contribution in [-0.2, 0) is 6.42 Å². The molecule has 1 aromatic carbocycles. The van der Waals surface area contributed by atoms with Crippen molar-refractivity contribution in [1.29, 1.82) is 0 Å². The summed E-state index contributed by atoms with van der Waals surface area (Å²) < 4.78 is 0. The number of aryl methyl sites for hydroxylation is 1. The van der Waals surface area contributed by atoms with Gasteiger partial charge < -0.3 is 0 Å². The van der Waals surface area contributed by atoms with Crippen LogP contribution in [0.5, 0.6) is 0 Å². The van der Waals surface area contributed by atoms with Gasteiger partial charge in [-0.1, -0.05) is 57.0 Å². The Bertz CT molecular complexity index is 253. The maximum Gasteiger partial charge on any atom is 0.00576 e. The summed E-state index contributed by atoms with van der Waals surface area (Å²) in [6.07, 6.45) is 10.9. The minimum Gasteiger partial charge on any atom is -0.120 e. The second kappa shape index (κ2) is 10.9. The van der Waals surface area contributed by atoms with E-state index in [-0.39, 0.29) is 0 Å². The van der Waals surface area contributed by atoms with Gasteiger partial charge in [0.05, 0.1) is 0 Å². The summed E-state index contributed by atoms with van der Waals surface area (Å²) in [5.41, 5.74) is 1.47. The quantitative estimate of drug-likeness (QED) is 0.500. The molecule has 1 aromatic rings. The predicted molar refractivity (Wildman–Crippen MR) is 68.8 cm³/mol. The number of hydrogen-bond donors (Lipinski definition) is 0. The third-order valence-electron chi connectivity index (χ3n) is 2.12. The largest absolute Gasteiger partial charge is 0.120 e.